The van der Waals surface area contributed by atoms with Crippen molar-refractivity contribution < 1.29 is 9.53 Å². The van der Waals surface area contributed by atoms with Gasteiger partial charge in [-0.05, 0) is 60.7 Å². The summed E-state index contributed by atoms with van der Waals surface area (Å²) in [5.41, 5.74) is 3.66. The zero-order chi connectivity index (χ0) is 24.9. The van der Waals surface area contributed by atoms with Crippen LogP contribution in [0.3, 0.4) is 0 Å². The first-order valence-corrected chi connectivity index (χ1v) is 12.2. The molecule has 1 aliphatic rings. The molecule has 3 heterocycles. The Hall–Kier alpha value is -4.17. The predicted molar refractivity (Wildman–Crippen MR) is 144 cm³/mol. The van der Waals surface area contributed by atoms with Crippen molar-refractivity contribution >= 4 is 28.9 Å². The standard InChI is InChI=1S/C28H27N5O2S/c1-35-24-15-6-5-12-21(24)30-25(34)16-19-33-27(26(31-28(33)36)22-13-7-8-17-29-22)23-14-9-18-32(23)20-10-3-2-4-11-20/h2-15,17-18,26-27H,16,19H2,1H3,(H,30,34)(H,31,36)/t26-,27-/m1/s1. The lowest BCUT2D eigenvalue weighted by atomic mass is 10.0. The fourth-order valence-electron chi connectivity index (χ4n) is 4.61. The van der Waals surface area contributed by atoms with E-state index in [0.29, 0.717) is 23.1 Å². The van der Waals surface area contributed by atoms with E-state index in [1.807, 2.05) is 72.9 Å². The number of pyridine rings is 1. The fraction of sp³-hybridized carbons (Fsp3) is 0.179. The van der Waals surface area contributed by atoms with Gasteiger partial charge in [0, 0.05) is 36.7 Å². The molecule has 7 nitrogen and oxygen atoms in total. The Kier molecular flexibility index (Phi) is 6.95. The van der Waals surface area contributed by atoms with Crippen molar-refractivity contribution in [3.05, 3.63) is 109 Å². The maximum absolute atomic E-state index is 12.9. The Bertz CT molecular complexity index is 1340. The number of methoxy groups -OCH3 is 1. The van der Waals surface area contributed by atoms with E-state index in [1.165, 1.54) is 0 Å². The summed E-state index contributed by atoms with van der Waals surface area (Å²) in [5.74, 6) is 0.513. The Morgan fingerprint density at radius 1 is 1.03 bits per heavy atom. The summed E-state index contributed by atoms with van der Waals surface area (Å²) in [6.07, 6.45) is 4.10. The van der Waals surface area contributed by atoms with E-state index in [1.54, 1.807) is 13.3 Å². The van der Waals surface area contributed by atoms with E-state index in [-0.39, 0.29) is 24.4 Å². The van der Waals surface area contributed by atoms with Crippen LogP contribution < -0.4 is 15.4 Å². The van der Waals surface area contributed by atoms with Crippen LogP contribution in [0.1, 0.15) is 29.9 Å². The summed E-state index contributed by atoms with van der Waals surface area (Å²) >= 11 is 5.78. The minimum atomic E-state index is -0.159. The van der Waals surface area contributed by atoms with Crippen LogP contribution in [-0.4, -0.2) is 39.1 Å². The number of thiocarbonyl (C=S) groups is 1. The number of hydrogen-bond acceptors (Lipinski definition) is 4. The van der Waals surface area contributed by atoms with E-state index in [9.17, 15) is 4.79 Å². The lowest BCUT2D eigenvalue weighted by Gasteiger charge is -2.29. The van der Waals surface area contributed by atoms with Crippen LogP contribution in [0.2, 0.25) is 0 Å². The molecule has 2 N–H and O–H groups in total. The minimum Gasteiger partial charge on any atom is -0.495 e. The SMILES string of the molecule is COc1ccccc1NC(=O)CCN1C(=S)N[C@H](c2ccccn2)[C@H]1c1cccn1-c1ccccc1. The predicted octanol–water partition coefficient (Wildman–Crippen LogP) is 4.88. The highest BCUT2D eigenvalue weighted by molar-refractivity contribution is 7.80. The van der Waals surface area contributed by atoms with Gasteiger partial charge in [-0.3, -0.25) is 9.78 Å². The van der Waals surface area contributed by atoms with Gasteiger partial charge < -0.3 is 24.8 Å². The molecule has 1 fully saturated rings. The van der Waals surface area contributed by atoms with Gasteiger partial charge in [-0.25, -0.2) is 0 Å². The van der Waals surface area contributed by atoms with Crippen LogP contribution in [0.4, 0.5) is 5.69 Å². The van der Waals surface area contributed by atoms with Crippen molar-refractivity contribution in [2.45, 2.75) is 18.5 Å². The van der Waals surface area contributed by atoms with Crippen molar-refractivity contribution in [1.82, 2.24) is 19.8 Å². The second-order valence-corrected chi connectivity index (χ2v) is 8.84. The van der Waals surface area contributed by atoms with Crippen molar-refractivity contribution in [1.29, 1.82) is 0 Å². The van der Waals surface area contributed by atoms with Gasteiger partial charge in [0.25, 0.3) is 0 Å². The highest BCUT2D eigenvalue weighted by Crippen LogP contribution is 2.39. The number of anilines is 1. The van der Waals surface area contributed by atoms with Gasteiger partial charge in [0.05, 0.1) is 30.6 Å². The number of amides is 1. The molecule has 2 atom stereocenters. The first kappa shape index (κ1) is 23.6. The molecule has 0 saturated carbocycles. The summed E-state index contributed by atoms with van der Waals surface area (Å²) in [4.78, 5) is 19.6. The molecule has 0 unspecified atom stereocenters. The number of carbonyl (C=O) groups excluding carboxylic acids is 1. The lowest BCUT2D eigenvalue weighted by molar-refractivity contribution is -0.116. The molecule has 0 radical (unpaired) electrons. The number of para-hydroxylation sites is 3. The number of ether oxygens (including phenoxy) is 1. The Balaban J connectivity index is 1.43. The van der Waals surface area contributed by atoms with Gasteiger partial charge >= 0.3 is 0 Å². The van der Waals surface area contributed by atoms with Crippen LogP contribution in [0, 0.1) is 0 Å². The summed E-state index contributed by atoms with van der Waals surface area (Å²) in [5, 5.41) is 7.02. The van der Waals surface area contributed by atoms with Crippen LogP contribution >= 0.6 is 12.2 Å². The third-order valence-electron chi connectivity index (χ3n) is 6.28. The van der Waals surface area contributed by atoms with Crippen molar-refractivity contribution in [3.63, 3.8) is 0 Å². The second kappa shape index (κ2) is 10.6. The van der Waals surface area contributed by atoms with E-state index < -0.39 is 0 Å². The number of benzene rings is 2. The fourth-order valence-corrected chi connectivity index (χ4v) is 4.94. The molecule has 0 aliphatic carbocycles. The normalized spacial score (nSPS) is 17.0. The molecule has 1 amide bonds. The average Bonchev–Trinajstić information content (AvgIpc) is 3.53. The van der Waals surface area contributed by atoms with Gasteiger partial charge in [0.2, 0.25) is 5.91 Å². The maximum atomic E-state index is 12.9. The topological polar surface area (TPSA) is 71.4 Å². The number of nitrogens with zero attached hydrogens (tertiary/aromatic N) is 3. The number of aromatic nitrogens is 2. The molecule has 2 aromatic heterocycles. The molecule has 0 spiro atoms. The molecule has 1 aliphatic heterocycles. The third-order valence-corrected chi connectivity index (χ3v) is 6.63. The summed E-state index contributed by atoms with van der Waals surface area (Å²) in [7, 11) is 1.59. The van der Waals surface area contributed by atoms with Crippen LogP contribution in [-0.2, 0) is 4.79 Å². The van der Waals surface area contributed by atoms with Crippen LogP contribution in [0.5, 0.6) is 5.75 Å². The zero-order valence-corrected chi connectivity index (χ0v) is 20.7. The first-order valence-electron chi connectivity index (χ1n) is 11.8. The monoisotopic (exact) mass is 497 g/mol. The number of nitrogens with one attached hydrogen (secondary N) is 2. The first-order chi connectivity index (χ1) is 17.7. The molecule has 8 heteroatoms. The quantitative estimate of drug-likeness (QED) is 0.338. The van der Waals surface area contributed by atoms with Crippen LogP contribution in [0.25, 0.3) is 5.69 Å². The van der Waals surface area contributed by atoms with E-state index in [4.69, 9.17) is 17.0 Å². The molecule has 36 heavy (non-hydrogen) atoms. The second-order valence-electron chi connectivity index (χ2n) is 8.46. The van der Waals surface area contributed by atoms with Gasteiger partial charge in [0.15, 0.2) is 5.11 Å². The smallest absolute Gasteiger partial charge is 0.226 e. The van der Waals surface area contributed by atoms with Gasteiger partial charge in [-0.1, -0.05) is 36.4 Å². The highest BCUT2D eigenvalue weighted by Gasteiger charge is 2.41. The van der Waals surface area contributed by atoms with Gasteiger partial charge in [-0.15, -0.1) is 0 Å². The lowest BCUT2D eigenvalue weighted by Crippen LogP contribution is -2.33. The number of hydrogen-bond donors (Lipinski definition) is 2. The van der Waals surface area contributed by atoms with E-state index >= 15 is 0 Å². The van der Waals surface area contributed by atoms with Crippen molar-refractivity contribution in [2.75, 3.05) is 19.0 Å². The zero-order valence-electron chi connectivity index (χ0n) is 19.9. The largest absolute Gasteiger partial charge is 0.495 e. The molecular weight excluding hydrogens is 470 g/mol. The number of rotatable bonds is 8. The molecular formula is C28H27N5O2S. The van der Waals surface area contributed by atoms with Crippen LogP contribution in [0.15, 0.2) is 97.3 Å². The van der Waals surface area contributed by atoms with Gasteiger partial charge in [0.1, 0.15) is 5.75 Å². The third kappa shape index (κ3) is 4.81. The Morgan fingerprint density at radius 2 is 1.81 bits per heavy atom. The Morgan fingerprint density at radius 3 is 2.58 bits per heavy atom. The van der Waals surface area contributed by atoms with E-state index in [0.717, 1.165) is 17.1 Å². The average molecular weight is 498 g/mol. The Labute approximate surface area is 215 Å². The number of carbonyl (C=O) groups is 1. The van der Waals surface area contributed by atoms with Crippen molar-refractivity contribution in [2.24, 2.45) is 0 Å². The van der Waals surface area contributed by atoms with E-state index in [2.05, 4.69) is 43.3 Å². The van der Waals surface area contributed by atoms with Crippen molar-refractivity contribution in [3.8, 4) is 11.4 Å². The summed E-state index contributed by atoms with van der Waals surface area (Å²) in [6.45, 7) is 0.445. The molecule has 5 rings (SSSR count). The highest BCUT2D eigenvalue weighted by atomic mass is 32.1. The maximum Gasteiger partial charge on any atom is 0.226 e. The molecule has 4 aromatic rings. The molecule has 2 aromatic carbocycles. The molecule has 182 valence electrons. The molecule has 0 bridgehead atoms. The van der Waals surface area contributed by atoms with Gasteiger partial charge in [-0.2, -0.15) is 0 Å². The molecule has 1 saturated heterocycles. The summed E-state index contributed by atoms with van der Waals surface area (Å²) < 4.78 is 7.52. The summed E-state index contributed by atoms with van der Waals surface area (Å²) in [6, 6.07) is 27.3. The minimum absolute atomic E-state index is 0.110.